The molecule has 0 aliphatic carbocycles. The van der Waals surface area contributed by atoms with Gasteiger partial charge in [-0.05, 0) is 56.0 Å². The summed E-state index contributed by atoms with van der Waals surface area (Å²) >= 11 is 0. The van der Waals surface area contributed by atoms with Gasteiger partial charge in [0.15, 0.2) is 15.8 Å². The summed E-state index contributed by atoms with van der Waals surface area (Å²) in [5.74, 6) is 1.68. The highest BCUT2D eigenvalue weighted by Crippen LogP contribution is 2.21. The van der Waals surface area contributed by atoms with Crippen molar-refractivity contribution < 1.29 is 13.2 Å². The molecule has 2 N–H and O–H groups in total. The summed E-state index contributed by atoms with van der Waals surface area (Å²) in [4.78, 5) is 4.92. The summed E-state index contributed by atoms with van der Waals surface area (Å²) in [6.45, 7) is 8.67. The largest absolute Gasteiger partial charge is 0.491 e. The molecule has 0 spiro atoms. The zero-order valence-electron chi connectivity index (χ0n) is 17.7. The van der Waals surface area contributed by atoms with Crippen LogP contribution in [0.25, 0.3) is 0 Å². The fourth-order valence-electron chi connectivity index (χ4n) is 2.89. The van der Waals surface area contributed by atoms with Crippen LogP contribution in [0.2, 0.25) is 0 Å². The van der Waals surface area contributed by atoms with Gasteiger partial charge in [0.25, 0.3) is 0 Å². The third kappa shape index (κ3) is 7.42. The first kappa shape index (κ1) is 22.7. The second kappa shape index (κ2) is 10.9. The van der Waals surface area contributed by atoms with E-state index in [1.807, 2.05) is 51.1 Å². The average molecular weight is 418 g/mol. The fraction of sp³-hybridized carbons (Fsp3) is 0.409. The molecule has 29 heavy (non-hydrogen) atoms. The van der Waals surface area contributed by atoms with Gasteiger partial charge in [-0.3, -0.25) is 4.99 Å². The van der Waals surface area contributed by atoms with E-state index in [0.717, 1.165) is 41.4 Å². The summed E-state index contributed by atoms with van der Waals surface area (Å²) in [6.07, 6.45) is 1.95. The van der Waals surface area contributed by atoms with Gasteiger partial charge >= 0.3 is 0 Å². The number of nitrogens with one attached hydrogen (secondary N) is 2. The van der Waals surface area contributed by atoms with Crippen LogP contribution in [-0.4, -0.2) is 46.9 Å². The van der Waals surface area contributed by atoms with Crippen molar-refractivity contribution in [3.63, 3.8) is 0 Å². The molecule has 2 aromatic rings. The predicted octanol–water partition coefficient (Wildman–Crippen LogP) is 2.88. The molecular formula is C22H31N3O3S. The van der Waals surface area contributed by atoms with Gasteiger partial charge in [0.1, 0.15) is 12.4 Å². The molecule has 0 radical (unpaired) electrons. The first-order valence-electron chi connectivity index (χ1n) is 9.81. The van der Waals surface area contributed by atoms with E-state index in [1.165, 1.54) is 6.26 Å². The molecule has 0 saturated heterocycles. The highest BCUT2D eigenvalue weighted by Gasteiger charge is 2.06. The molecule has 0 bridgehead atoms. The second-order valence-corrected chi connectivity index (χ2v) is 8.94. The van der Waals surface area contributed by atoms with Crippen LogP contribution in [0.1, 0.15) is 23.6 Å². The number of ether oxygens (including phenoxy) is 1. The Bertz CT molecular complexity index is 903. The number of aliphatic imine (C=N–C) groups is 1. The number of sulfone groups is 1. The predicted molar refractivity (Wildman–Crippen MR) is 119 cm³/mol. The molecule has 0 aromatic heterocycles. The van der Waals surface area contributed by atoms with Gasteiger partial charge in [-0.1, -0.05) is 30.3 Å². The molecule has 0 amide bonds. The third-order valence-corrected chi connectivity index (χ3v) is 5.54. The molecule has 2 aromatic carbocycles. The fourth-order valence-corrected chi connectivity index (χ4v) is 3.52. The van der Waals surface area contributed by atoms with Crippen molar-refractivity contribution in [1.82, 2.24) is 10.6 Å². The van der Waals surface area contributed by atoms with Crippen molar-refractivity contribution in [1.29, 1.82) is 0 Å². The lowest BCUT2D eigenvalue weighted by atomic mass is 10.1. The van der Waals surface area contributed by atoms with Crippen molar-refractivity contribution in [3.8, 4) is 5.75 Å². The number of nitrogens with zero attached hydrogens (tertiary/aromatic N) is 1. The number of aryl methyl sites for hydroxylation is 2. The average Bonchev–Trinajstić information content (AvgIpc) is 2.66. The first-order valence-corrected chi connectivity index (χ1v) is 11.7. The van der Waals surface area contributed by atoms with E-state index < -0.39 is 9.84 Å². The minimum Gasteiger partial charge on any atom is -0.491 e. The molecule has 0 heterocycles. The molecule has 0 fully saturated rings. The first-order chi connectivity index (χ1) is 13.8. The number of hydrogen-bond donors (Lipinski definition) is 2. The molecule has 0 aliphatic heterocycles. The van der Waals surface area contributed by atoms with Crippen LogP contribution in [0.3, 0.4) is 0 Å². The van der Waals surface area contributed by atoms with E-state index in [1.54, 1.807) is 12.1 Å². The topological polar surface area (TPSA) is 79.8 Å². The zero-order chi connectivity index (χ0) is 21.3. The van der Waals surface area contributed by atoms with Crippen molar-refractivity contribution >= 4 is 15.8 Å². The number of guanidine groups is 1. The van der Waals surface area contributed by atoms with Crippen LogP contribution in [-0.2, 0) is 16.3 Å². The van der Waals surface area contributed by atoms with Crippen LogP contribution in [0.4, 0.5) is 0 Å². The molecule has 0 aliphatic rings. The minimum atomic E-state index is -3.16. The standard InChI is InChI=1S/C22H31N3O3S/c1-5-23-22(25-15-16-28-21-17(2)7-6-8-18(21)3)24-14-13-19-9-11-20(12-10-19)29(4,26)27/h6-12H,5,13-16H2,1-4H3,(H2,23,24,25). The number of hydrogen-bond acceptors (Lipinski definition) is 4. The van der Waals surface area contributed by atoms with Crippen molar-refractivity contribution in [3.05, 3.63) is 59.2 Å². The van der Waals surface area contributed by atoms with Crippen molar-refractivity contribution in [2.45, 2.75) is 32.1 Å². The Morgan fingerprint density at radius 3 is 2.28 bits per heavy atom. The SMILES string of the molecule is CCNC(=NCCc1ccc(S(C)(=O)=O)cc1)NCCOc1c(C)cccc1C. The summed E-state index contributed by atoms with van der Waals surface area (Å²) < 4.78 is 29.0. The maximum absolute atomic E-state index is 11.5. The van der Waals surface area contributed by atoms with E-state index >= 15 is 0 Å². The van der Waals surface area contributed by atoms with Gasteiger partial charge in [-0.2, -0.15) is 0 Å². The van der Waals surface area contributed by atoms with Crippen molar-refractivity contribution in [2.24, 2.45) is 4.99 Å². The summed E-state index contributed by atoms with van der Waals surface area (Å²) in [7, 11) is -3.16. The lowest BCUT2D eigenvalue weighted by molar-refractivity contribution is 0.317. The lowest BCUT2D eigenvalue weighted by Crippen LogP contribution is -2.39. The molecule has 0 saturated carbocycles. The van der Waals surface area contributed by atoms with Gasteiger partial charge in [0, 0.05) is 19.3 Å². The van der Waals surface area contributed by atoms with Crippen LogP contribution >= 0.6 is 0 Å². The highest BCUT2D eigenvalue weighted by atomic mass is 32.2. The van der Waals surface area contributed by atoms with Gasteiger partial charge in [0.2, 0.25) is 0 Å². The normalized spacial score (nSPS) is 11.9. The maximum atomic E-state index is 11.5. The van der Waals surface area contributed by atoms with E-state index in [2.05, 4.69) is 15.6 Å². The van der Waals surface area contributed by atoms with Crippen LogP contribution < -0.4 is 15.4 Å². The number of rotatable bonds is 9. The molecule has 0 atom stereocenters. The van der Waals surface area contributed by atoms with Crippen LogP contribution in [0, 0.1) is 13.8 Å². The number of benzene rings is 2. The third-order valence-electron chi connectivity index (χ3n) is 4.42. The second-order valence-electron chi connectivity index (χ2n) is 6.92. The Labute approximate surface area is 174 Å². The van der Waals surface area contributed by atoms with E-state index in [0.29, 0.717) is 24.6 Å². The lowest BCUT2D eigenvalue weighted by Gasteiger charge is -2.14. The molecule has 7 heteroatoms. The van der Waals surface area contributed by atoms with Gasteiger partial charge in [-0.15, -0.1) is 0 Å². The molecule has 2 rings (SSSR count). The minimum absolute atomic E-state index is 0.337. The Hall–Kier alpha value is -2.54. The van der Waals surface area contributed by atoms with E-state index in [9.17, 15) is 8.42 Å². The monoisotopic (exact) mass is 417 g/mol. The van der Waals surface area contributed by atoms with Gasteiger partial charge in [0.05, 0.1) is 11.4 Å². The molecular weight excluding hydrogens is 386 g/mol. The Morgan fingerprint density at radius 1 is 1.03 bits per heavy atom. The smallest absolute Gasteiger partial charge is 0.191 e. The quantitative estimate of drug-likeness (QED) is 0.373. The Morgan fingerprint density at radius 2 is 1.69 bits per heavy atom. The summed E-state index contributed by atoms with van der Waals surface area (Å²) in [5.41, 5.74) is 3.32. The van der Waals surface area contributed by atoms with Gasteiger partial charge < -0.3 is 15.4 Å². The Kier molecular flexibility index (Phi) is 8.51. The van der Waals surface area contributed by atoms with Crippen LogP contribution in [0.15, 0.2) is 52.4 Å². The van der Waals surface area contributed by atoms with Crippen LogP contribution in [0.5, 0.6) is 5.75 Å². The van der Waals surface area contributed by atoms with E-state index in [-0.39, 0.29) is 0 Å². The maximum Gasteiger partial charge on any atom is 0.191 e. The molecule has 6 nitrogen and oxygen atoms in total. The van der Waals surface area contributed by atoms with Crippen molar-refractivity contribution in [2.75, 3.05) is 32.5 Å². The number of para-hydroxylation sites is 1. The zero-order valence-corrected chi connectivity index (χ0v) is 18.5. The Balaban J connectivity index is 1.83. The van der Waals surface area contributed by atoms with Gasteiger partial charge in [-0.25, -0.2) is 8.42 Å². The summed E-state index contributed by atoms with van der Waals surface area (Å²) in [6, 6.07) is 13.1. The molecule has 158 valence electrons. The summed E-state index contributed by atoms with van der Waals surface area (Å²) in [5, 5.41) is 6.50. The highest BCUT2D eigenvalue weighted by molar-refractivity contribution is 7.90. The molecule has 0 unspecified atom stereocenters. The van der Waals surface area contributed by atoms with E-state index in [4.69, 9.17) is 4.74 Å².